The first-order valence-corrected chi connectivity index (χ1v) is 3.74. The van der Waals surface area contributed by atoms with E-state index in [0.717, 1.165) is 0 Å². The summed E-state index contributed by atoms with van der Waals surface area (Å²) in [5.74, 6) is -0.189. The molecule has 2 N–H and O–H groups in total. The van der Waals surface area contributed by atoms with Crippen LogP contribution in [0.15, 0.2) is 16.7 Å². The summed E-state index contributed by atoms with van der Waals surface area (Å²) in [6.45, 7) is -2.88. The lowest BCUT2D eigenvalue weighted by Gasteiger charge is -2.03. The van der Waals surface area contributed by atoms with E-state index in [4.69, 9.17) is 5.73 Å². The molecule has 0 saturated carbocycles. The minimum atomic E-state index is -2.88. The van der Waals surface area contributed by atoms with Gasteiger partial charge >= 0.3 is 6.61 Å². The Labute approximate surface area is 75.7 Å². The zero-order valence-electron chi connectivity index (χ0n) is 5.80. The molecule has 0 aliphatic carbocycles. The van der Waals surface area contributed by atoms with Gasteiger partial charge in [0.1, 0.15) is 0 Å². The molecule has 12 heavy (non-hydrogen) atoms. The summed E-state index contributed by atoms with van der Waals surface area (Å²) in [6, 6.07) is 1.22. The summed E-state index contributed by atoms with van der Waals surface area (Å²) in [5, 5.41) is 0. The number of nitrogen functional groups attached to an aromatic ring is 1. The fraction of sp³-hybridized carbons (Fsp3) is 0.167. The highest BCUT2D eigenvalue weighted by atomic mass is 79.9. The number of nitrogens with zero attached hydrogens (tertiary/aromatic N) is 1. The van der Waals surface area contributed by atoms with Crippen molar-refractivity contribution in [2.75, 3.05) is 5.73 Å². The lowest BCUT2D eigenvalue weighted by atomic mass is 10.4. The van der Waals surface area contributed by atoms with Crippen LogP contribution in [0.2, 0.25) is 0 Å². The monoisotopic (exact) mass is 238 g/mol. The third-order valence-corrected chi connectivity index (χ3v) is 1.73. The van der Waals surface area contributed by atoms with Crippen LogP contribution in [0.5, 0.6) is 5.88 Å². The number of halogens is 3. The smallest absolute Gasteiger partial charge is 0.388 e. The molecule has 0 aliphatic rings. The SMILES string of the molecule is Nc1cc(OC(F)F)ncc1Br. The fourth-order valence-corrected chi connectivity index (χ4v) is 0.807. The van der Waals surface area contributed by atoms with Gasteiger partial charge in [0.2, 0.25) is 5.88 Å². The van der Waals surface area contributed by atoms with Gasteiger partial charge in [0.05, 0.1) is 10.2 Å². The highest BCUT2D eigenvalue weighted by Gasteiger charge is 2.06. The predicted molar refractivity (Wildman–Crippen MR) is 43.0 cm³/mol. The molecule has 1 heterocycles. The molecule has 0 aliphatic heterocycles. The van der Waals surface area contributed by atoms with Gasteiger partial charge in [-0.05, 0) is 15.9 Å². The molecule has 0 amide bonds. The lowest BCUT2D eigenvalue weighted by Crippen LogP contribution is -2.04. The van der Waals surface area contributed by atoms with Crippen LogP contribution < -0.4 is 10.5 Å². The number of aromatic nitrogens is 1. The van der Waals surface area contributed by atoms with Gasteiger partial charge in [-0.15, -0.1) is 0 Å². The normalized spacial score (nSPS) is 10.3. The molecule has 0 saturated heterocycles. The van der Waals surface area contributed by atoms with Crippen molar-refractivity contribution in [1.82, 2.24) is 4.98 Å². The molecule has 0 unspecified atom stereocenters. The Morgan fingerprint density at radius 3 is 2.75 bits per heavy atom. The molecular weight excluding hydrogens is 234 g/mol. The first kappa shape index (κ1) is 9.18. The van der Waals surface area contributed by atoms with E-state index in [1.165, 1.54) is 12.3 Å². The van der Waals surface area contributed by atoms with Gasteiger partial charge in [0, 0.05) is 12.3 Å². The molecule has 1 rings (SSSR count). The summed E-state index contributed by atoms with van der Waals surface area (Å²) < 4.78 is 27.8. The molecule has 3 nitrogen and oxygen atoms in total. The van der Waals surface area contributed by atoms with E-state index >= 15 is 0 Å². The number of hydrogen-bond acceptors (Lipinski definition) is 3. The zero-order chi connectivity index (χ0) is 9.14. The average molecular weight is 239 g/mol. The Kier molecular flexibility index (Phi) is 2.80. The van der Waals surface area contributed by atoms with Crippen LogP contribution in [-0.4, -0.2) is 11.6 Å². The fourth-order valence-electron chi connectivity index (χ4n) is 0.590. The molecular formula is C6H5BrF2N2O. The highest BCUT2D eigenvalue weighted by Crippen LogP contribution is 2.22. The second-order valence-electron chi connectivity index (χ2n) is 1.92. The third kappa shape index (κ3) is 2.30. The second-order valence-corrected chi connectivity index (χ2v) is 2.78. The van der Waals surface area contributed by atoms with E-state index in [1.54, 1.807) is 0 Å². The van der Waals surface area contributed by atoms with E-state index in [0.29, 0.717) is 10.2 Å². The standard InChI is InChI=1S/C6H5BrF2N2O/c7-3-2-11-5(1-4(3)10)12-6(8)9/h1-2,6H,(H2,10,11). The van der Waals surface area contributed by atoms with E-state index in [-0.39, 0.29) is 5.88 Å². The lowest BCUT2D eigenvalue weighted by molar-refractivity contribution is -0.0528. The number of ether oxygens (including phenoxy) is 1. The maximum absolute atomic E-state index is 11.6. The highest BCUT2D eigenvalue weighted by molar-refractivity contribution is 9.10. The molecule has 0 spiro atoms. The van der Waals surface area contributed by atoms with Gasteiger partial charge < -0.3 is 10.5 Å². The van der Waals surface area contributed by atoms with Crippen LogP contribution in [-0.2, 0) is 0 Å². The van der Waals surface area contributed by atoms with Gasteiger partial charge in [-0.2, -0.15) is 8.78 Å². The van der Waals surface area contributed by atoms with Gasteiger partial charge in [0.15, 0.2) is 0 Å². The zero-order valence-corrected chi connectivity index (χ0v) is 7.38. The van der Waals surface area contributed by atoms with Gasteiger partial charge in [-0.3, -0.25) is 0 Å². The molecule has 1 aromatic heterocycles. The predicted octanol–water partition coefficient (Wildman–Crippen LogP) is 2.03. The molecule has 0 aromatic carbocycles. The number of pyridine rings is 1. The van der Waals surface area contributed by atoms with Crippen molar-refractivity contribution in [3.63, 3.8) is 0 Å². The average Bonchev–Trinajstić information content (AvgIpc) is 1.96. The quantitative estimate of drug-likeness (QED) is 0.858. The van der Waals surface area contributed by atoms with Crippen molar-refractivity contribution in [2.45, 2.75) is 6.61 Å². The van der Waals surface area contributed by atoms with Crippen LogP contribution in [0, 0.1) is 0 Å². The van der Waals surface area contributed by atoms with E-state index in [1.807, 2.05) is 0 Å². The van der Waals surface area contributed by atoms with E-state index in [9.17, 15) is 8.78 Å². The summed E-state index contributed by atoms with van der Waals surface area (Å²) in [5.41, 5.74) is 5.69. The molecule has 66 valence electrons. The minimum absolute atomic E-state index is 0.189. The van der Waals surface area contributed by atoms with Crippen molar-refractivity contribution in [3.05, 3.63) is 16.7 Å². The Morgan fingerprint density at radius 2 is 2.25 bits per heavy atom. The number of hydrogen-bond donors (Lipinski definition) is 1. The van der Waals surface area contributed by atoms with E-state index in [2.05, 4.69) is 25.7 Å². The molecule has 0 fully saturated rings. The number of rotatable bonds is 2. The topological polar surface area (TPSA) is 48.1 Å². The maximum atomic E-state index is 11.6. The first-order valence-electron chi connectivity index (χ1n) is 2.95. The van der Waals surface area contributed by atoms with Crippen LogP contribution in [0.25, 0.3) is 0 Å². The Bertz CT molecular complexity index is 282. The second kappa shape index (κ2) is 3.66. The summed E-state index contributed by atoms with van der Waals surface area (Å²) >= 11 is 3.07. The van der Waals surface area contributed by atoms with Crippen molar-refractivity contribution < 1.29 is 13.5 Å². The van der Waals surface area contributed by atoms with Crippen molar-refractivity contribution in [3.8, 4) is 5.88 Å². The molecule has 1 aromatic rings. The van der Waals surface area contributed by atoms with Crippen molar-refractivity contribution in [2.24, 2.45) is 0 Å². The molecule has 6 heteroatoms. The number of nitrogens with two attached hydrogens (primary N) is 1. The summed E-state index contributed by atoms with van der Waals surface area (Å²) in [4.78, 5) is 3.55. The van der Waals surface area contributed by atoms with Crippen molar-refractivity contribution >= 4 is 21.6 Å². The Hall–Kier alpha value is -0.910. The van der Waals surface area contributed by atoms with Gasteiger partial charge in [0.25, 0.3) is 0 Å². The molecule has 0 radical (unpaired) electrons. The molecule has 0 atom stereocenters. The minimum Gasteiger partial charge on any atom is -0.417 e. The summed E-state index contributed by atoms with van der Waals surface area (Å²) in [7, 11) is 0. The van der Waals surface area contributed by atoms with Gasteiger partial charge in [-0.25, -0.2) is 4.98 Å². The van der Waals surface area contributed by atoms with Crippen LogP contribution in [0.3, 0.4) is 0 Å². The van der Waals surface area contributed by atoms with Crippen LogP contribution in [0.1, 0.15) is 0 Å². The van der Waals surface area contributed by atoms with Crippen LogP contribution in [0.4, 0.5) is 14.5 Å². The van der Waals surface area contributed by atoms with Crippen molar-refractivity contribution in [1.29, 1.82) is 0 Å². The first-order chi connectivity index (χ1) is 5.59. The third-order valence-electron chi connectivity index (χ3n) is 1.07. The van der Waals surface area contributed by atoms with E-state index < -0.39 is 6.61 Å². The molecule has 0 bridgehead atoms. The largest absolute Gasteiger partial charge is 0.417 e. The maximum Gasteiger partial charge on any atom is 0.388 e. The Morgan fingerprint density at radius 1 is 1.58 bits per heavy atom. The number of anilines is 1. The van der Waals surface area contributed by atoms with Crippen LogP contribution >= 0.6 is 15.9 Å². The number of alkyl halides is 2. The van der Waals surface area contributed by atoms with Gasteiger partial charge in [-0.1, -0.05) is 0 Å². The Balaban J connectivity index is 2.82. The summed E-state index contributed by atoms with van der Waals surface area (Å²) in [6.07, 6.45) is 1.30.